The van der Waals surface area contributed by atoms with Crippen LogP contribution < -0.4 is 5.32 Å². The first-order chi connectivity index (χ1) is 17.1. The van der Waals surface area contributed by atoms with E-state index in [4.69, 9.17) is 4.74 Å². The predicted octanol–water partition coefficient (Wildman–Crippen LogP) is 3.49. The van der Waals surface area contributed by atoms with Crippen molar-refractivity contribution in [3.05, 3.63) is 66.2 Å². The number of nitrogens with zero attached hydrogens (tertiary/aromatic N) is 3. The number of aromatic nitrogens is 2. The fourth-order valence-electron chi connectivity index (χ4n) is 4.00. The summed E-state index contributed by atoms with van der Waals surface area (Å²) >= 11 is 0. The third kappa shape index (κ3) is 5.26. The Hall–Kier alpha value is -3.70. The van der Waals surface area contributed by atoms with E-state index in [1.54, 1.807) is 54.3 Å². The number of carboxylic acids is 1. The lowest BCUT2D eigenvalue weighted by Gasteiger charge is -2.31. The second kappa shape index (κ2) is 10.1. The van der Waals surface area contributed by atoms with Crippen LogP contribution in [0.3, 0.4) is 0 Å². The predicted molar refractivity (Wildman–Crippen MR) is 133 cm³/mol. The number of carbonyl (C=O) groups is 2. The number of rotatable bonds is 7. The molecule has 1 aromatic heterocycles. The average Bonchev–Trinajstić information content (AvgIpc) is 3.22. The van der Waals surface area contributed by atoms with Gasteiger partial charge in [-0.2, -0.15) is 4.31 Å². The number of carboxylic acid groups (broad SMARTS) is 1. The van der Waals surface area contributed by atoms with Gasteiger partial charge in [-0.25, -0.2) is 18.2 Å². The summed E-state index contributed by atoms with van der Waals surface area (Å²) in [6.07, 6.45) is 1.08. The number of benzene rings is 2. The Labute approximate surface area is 209 Å². The van der Waals surface area contributed by atoms with Crippen molar-refractivity contribution in [2.75, 3.05) is 11.9 Å². The maximum absolute atomic E-state index is 13.4. The molecule has 0 bridgehead atoms. The molecule has 4 rings (SSSR count). The van der Waals surface area contributed by atoms with Gasteiger partial charge in [-0.1, -0.05) is 38.1 Å². The van der Waals surface area contributed by atoms with Gasteiger partial charge in [0.2, 0.25) is 10.0 Å². The van der Waals surface area contributed by atoms with Crippen molar-refractivity contribution in [1.29, 1.82) is 0 Å². The molecule has 0 saturated heterocycles. The summed E-state index contributed by atoms with van der Waals surface area (Å²) in [5.74, 6) is -0.967. The van der Waals surface area contributed by atoms with Crippen LogP contribution >= 0.6 is 0 Å². The van der Waals surface area contributed by atoms with Crippen LogP contribution in [0.4, 0.5) is 10.5 Å². The molecule has 0 radical (unpaired) electrons. The quantitative estimate of drug-likeness (QED) is 0.495. The van der Waals surface area contributed by atoms with Crippen molar-refractivity contribution < 1.29 is 27.9 Å². The summed E-state index contributed by atoms with van der Waals surface area (Å²) < 4.78 is 34.6. The Bertz CT molecular complexity index is 1360. The van der Waals surface area contributed by atoms with Gasteiger partial charge in [0.15, 0.2) is 0 Å². The smallest absolute Gasteiger partial charge is 0.411 e. The molecular weight excluding hydrogens is 484 g/mol. The normalized spacial score (nSPS) is 15.9. The Morgan fingerprint density at radius 1 is 1.11 bits per heavy atom. The number of nitrogens with one attached hydrogen (secondary N) is 1. The first kappa shape index (κ1) is 25.4. The fraction of sp³-hybridized carbons (Fsp3) is 0.320. The summed E-state index contributed by atoms with van der Waals surface area (Å²) in [6.45, 7) is 4.12. The van der Waals surface area contributed by atoms with Gasteiger partial charge in [0.25, 0.3) is 0 Å². The van der Waals surface area contributed by atoms with E-state index in [2.05, 4.69) is 10.3 Å². The largest absolute Gasteiger partial charge is 0.480 e. The molecule has 2 aromatic carbocycles. The lowest BCUT2D eigenvalue weighted by molar-refractivity contribution is -0.141. The summed E-state index contributed by atoms with van der Waals surface area (Å²) in [6, 6.07) is 12.1. The van der Waals surface area contributed by atoms with Crippen molar-refractivity contribution in [1.82, 2.24) is 13.9 Å². The number of ether oxygens (including phenoxy) is 1. The van der Waals surface area contributed by atoms with Gasteiger partial charge < -0.3 is 14.4 Å². The van der Waals surface area contributed by atoms with Crippen molar-refractivity contribution in [3.8, 4) is 11.1 Å². The molecule has 1 amide bonds. The minimum atomic E-state index is -4.08. The molecule has 2 heterocycles. The van der Waals surface area contributed by atoms with Crippen molar-refractivity contribution >= 4 is 27.8 Å². The van der Waals surface area contributed by atoms with Gasteiger partial charge >= 0.3 is 12.1 Å². The Morgan fingerprint density at radius 3 is 2.31 bits per heavy atom. The van der Waals surface area contributed by atoms with Crippen molar-refractivity contribution in [2.24, 2.45) is 13.0 Å². The highest BCUT2D eigenvalue weighted by molar-refractivity contribution is 7.89. The third-order valence-electron chi connectivity index (χ3n) is 5.94. The number of fused-ring (bicyclic) bond motifs is 1. The van der Waals surface area contributed by atoms with Crippen LogP contribution in [0.25, 0.3) is 11.1 Å². The fourth-order valence-corrected chi connectivity index (χ4v) is 5.54. The summed E-state index contributed by atoms with van der Waals surface area (Å²) in [5.41, 5.74) is 3.43. The molecule has 3 aromatic rings. The van der Waals surface area contributed by atoms with Crippen molar-refractivity contribution in [2.45, 2.75) is 37.8 Å². The molecule has 11 heteroatoms. The summed E-state index contributed by atoms with van der Waals surface area (Å²) in [4.78, 5) is 28.0. The van der Waals surface area contributed by atoms with E-state index in [9.17, 15) is 23.1 Å². The van der Waals surface area contributed by atoms with Crippen LogP contribution in [-0.2, 0) is 39.6 Å². The molecule has 2 N–H and O–H groups in total. The zero-order valence-electron chi connectivity index (χ0n) is 20.2. The van der Waals surface area contributed by atoms with Gasteiger partial charge in [0, 0.05) is 24.8 Å². The van der Waals surface area contributed by atoms with Crippen LogP contribution in [0.5, 0.6) is 0 Å². The molecule has 0 aliphatic carbocycles. The zero-order valence-corrected chi connectivity index (χ0v) is 21.0. The number of aryl methyl sites for hydroxylation is 1. The molecule has 10 nitrogen and oxygen atoms in total. The van der Waals surface area contributed by atoms with Crippen LogP contribution in [0.15, 0.2) is 59.8 Å². The minimum absolute atomic E-state index is 0.00284. The van der Waals surface area contributed by atoms with E-state index in [1.807, 2.05) is 13.8 Å². The Kier molecular flexibility index (Phi) is 7.14. The van der Waals surface area contributed by atoms with Crippen LogP contribution in [0.1, 0.15) is 25.2 Å². The van der Waals surface area contributed by atoms with Gasteiger partial charge in [-0.15, -0.1) is 0 Å². The Morgan fingerprint density at radius 2 is 1.72 bits per heavy atom. The van der Waals surface area contributed by atoms with E-state index >= 15 is 0 Å². The number of hydrogen-bond donors (Lipinski definition) is 2. The topological polar surface area (TPSA) is 131 Å². The monoisotopic (exact) mass is 512 g/mol. The van der Waals surface area contributed by atoms with Crippen molar-refractivity contribution in [3.63, 3.8) is 0 Å². The van der Waals surface area contributed by atoms with E-state index < -0.39 is 28.1 Å². The number of imidazole rings is 1. The molecule has 190 valence electrons. The second-order valence-corrected chi connectivity index (χ2v) is 11.0. The molecule has 0 saturated carbocycles. The van der Waals surface area contributed by atoms with E-state index in [0.29, 0.717) is 18.0 Å². The van der Waals surface area contributed by atoms with Crippen LogP contribution in [0.2, 0.25) is 0 Å². The number of sulfonamides is 1. The zero-order chi connectivity index (χ0) is 26.0. The SMILES string of the molecule is CC(C)COC(=O)Nc1ccc(-c2ccc(S(=O)(=O)N3Cc4ncn(C)c4C[C@@H]3C(=O)O)cc2)cc1. The maximum atomic E-state index is 13.4. The molecule has 1 aliphatic heterocycles. The van der Waals surface area contributed by atoms with E-state index in [0.717, 1.165) is 21.1 Å². The number of hydrogen-bond acceptors (Lipinski definition) is 6. The molecule has 1 aliphatic rings. The first-order valence-corrected chi connectivity index (χ1v) is 12.9. The van der Waals surface area contributed by atoms with Crippen LogP contribution in [-0.4, -0.2) is 52.1 Å². The highest BCUT2D eigenvalue weighted by atomic mass is 32.2. The molecule has 36 heavy (non-hydrogen) atoms. The first-order valence-electron chi connectivity index (χ1n) is 11.4. The lowest BCUT2D eigenvalue weighted by Crippen LogP contribution is -2.48. The molecule has 0 fully saturated rings. The number of aliphatic carboxylic acids is 1. The van der Waals surface area contributed by atoms with E-state index in [1.165, 1.54) is 12.1 Å². The van der Waals surface area contributed by atoms with E-state index in [-0.39, 0.29) is 23.8 Å². The summed E-state index contributed by atoms with van der Waals surface area (Å²) in [7, 11) is -2.32. The minimum Gasteiger partial charge on any atom is -0.480 e. The van der Waals surface area contributed by atoms with Gasteiger partial charge in [0.05, 0.1) is 30.1 Å². The van der Waals surface area contributed by atoms with Gasteiger partial charge in [-0.05, 0) is 41.3 Å². The second-order valence-electron chi connectivity index (χ2n) is 9.08. The highest BCUT2D eigenvalue weighted by Gasteiger charge is 2.41. The number of anilines is 1. The molecule has 0 unspecified atom stereocenters. The number of amides is 1. The molecular formula is C25H28N4O6S. The summed E-state index contributed by atoms with van der Waals surface area (Å²) in [5, 5.41) is 12.4. The van der Waals surface area contributed by atoms with Crippen LogP contribution in [0, 0.1) is 5.92 Å². The molecule has 0 spiro atoms. The third-order valence-corrected chi connectivity index (χ3v) is 7.81. The highest BCUT2D eigenvalue weighted by Crippen LogP contribution is 2.30. The van der Waals surface area contributed by atoms with Gasteiger partial charge in [-0.3, -0.25) is 10.1 Å². The lowest BCUT2D eigenvalue weighted by atomic mass is 10.1. The maximum Gasteiger partial charge on any atom is 0.411 e. The van der Waals surface area contributed by atoms with Gasteiger partial charge in [0.1, 0.15) is 6.04 Å². The Balaban J connectivity index is 1.50. The number of carbonyl (C=O) groups excluding carboxylic acids is 1. The standard InChI is InChI=1S/C25H28N4O6S/c1-16(2)14-35-25(32)27-19-8-4-17(5-9-19)18-6-10-20(11-7-18)36(33,34)29-13-21-22(28(3)15-26-21)12-23(29)24(30)31/h4-11,15-16,23H,12-14H2,1-3H3,(H,27,32)(H,30,31)/t23-/m1/s1. The molecule has 1 atom stereocenters. The average molecular weight is 513 g/mol.